The Morgan fingerprint density at radius 3 is 2.44 bits per heavy atom. The number of carbonyl (C=O) groups is 1. The van der Waals surface area contributed by atoms with Gasteiger partial charge in [-0.15, -0.1) is 0 Å². The molecule has 0 atom stereocenters. The average Bonchev–Trinajstić information content (AvgIpc) is 2.38. The molecule has 100 valence electrons. The van der Waals surface area contributed by atoms with Crippen molar-refractivity contribution in [3.05, 3.63) is 27.5 Å². The van der Waals surface area contributed by atoms with E-state index in [1.165, 1.54) is 0 Å². The van der Waals surface area contributed by atoms with E-state index in [4.69, 9.17) is 11.6 Å². The van der Waals surface area contributed by atoms with Crippen LogP contribution in [0.3, 0.4) is 0 Å². The van der Waals surface area contributed by atoms with E-state index in [9.17, 15) is 4.79 Å². The molecule has 0 saturated heterocycles. The lowest BCUT2D eigenvalue weighted by atomic mass is 9.89. The van der Waals surface area contributed by atoms with Gasteiger partial charge in [-0.05, 0) is 41.3 Å². The molecular formula is C13H18BrClN2O. The van der Waals surface area contributed by atoms with Crippen LogP contribution < -0.4 is 5.32 Å². The number of rotatable bonds is 5. The van der Waals surface area contributed by atoms with E-state index in [1.54, 1.807) is 12.3 Å². The third-order valence-corrected chi connectivity index (χ3v) is 4.19. The van der Waals surface area contributed by atoms with Crippen LogP contribution in [0.2, 0.25) is 5.15 Å². The lowest BCUT2D eigenvalue weighted by molar-refractivity contribution is 0.0888. The van der Waals surface area contributed by atoms with E-state index >= 15 is 0 Å². The molecule has 1 aromatic rings. The zero-order valence-corrected chi connectivity index (χ0v) is 13.2. The molecule has 1 rings (SSSR count). The van der Waals surface area contributed by atoms with Crippen molar-refractivity contribution >= 4 is 33.4 Å². The van der Waals surface area contributed by atoms with Crippen molar-refractivity contribution in [1.82, 2.24) is 10.3 Å². The highest BCUT2D eigenvalue weighted by Crippen LogP contribution is 2.23. The van der Waals surface area contributed by atoms with Gasteiger partial charge in [-0.3, -0.25) is 4.79 Å². The zero-order chi connectivity index (χ0) is 13.8. The summed E-state index contributed by atoms with van der Waals surface area (Å²) in [6.07, 6.45) is 4.26. The zero-order valence-electron chi connectivity index (χ0n) is 10.9. The summed E-state index contributed by atoms with van der Waals surface area (Å²) < 4.78 is 0.743. The van der Waals surface area contributed by atoms with Gasteiger partial charge in [0, 0.05) is 16.2 Å². The van der Waals surface area contributed by atoms with E-state index in [2.05, 4.69) is 47.0 Å². The van der Waals surface area contributed by atoms with Crippen molar-refractivity contribution in [2.24, 2.45) is 0 Å². The molecule has 0 fully saturated rings. The molecule has 0 radical (unpaired) electrons. The van der Waals surface area contributed by atoms with E-state index in [0.29, 0.717) is 5.56 Å². The minimum atomic E-state index is -0.167. The summed E-state index contributed by atoms with van der Waals surface area (Å²) in [6, 6.07) is 1.69. The topological polar surface area (TPSA) is 42.0 Å². The van der Waals surface area contributed by atoms with Gasteiger partial charge in [0.15, 0.2) is 0 Å². The molecule has 0 aliphatic rings. The fraction of sp³-hybridized carbons (Fsp3) is 0.538. The van der Waals surface area contributed by atoms with Gasteiger partial charge in [0.1, 0.15) is 5.15 Å². The molecule has 3 nitrogen and oxygen atoms in total. The van der Waals surface area contributed by atoms with Crippen LogP contribution in [0.4, 0.5) is 0 Å². The number of amides is 1. The normalized spacial score (nSPS) is 11.4. The minimum Gasteiger partial charge on any atom is -0.347 e. The second-order valence-electron chi connectivity index (χ2n) is 4.29. The Kier molecular flexibility index (Phi) is 5.60. The van der Waals surface area contributed by atoms with Crippen LogP contribution in [0, 0.1) is 0 Å². The van der Waals surface area contributed by atoms with Crippen LogP contribution in [0.1, 0.15) is 50.4 Å². The van der Waals surface area contributed by atoms with Crippen LogP contribution in [-0.2, 0) is 0 Å². The Morgan fingerprint density at radius 1 is 1.39 bits per heavy atom. The minimum absolute atomic E-state index is 0.164. The molecule has 18 heavy (non-hydrogen) atoms. The summed E-state index contributed by atoms with van der Waals surface area (Å²) in [5.74, 6) is -0.167. The maximum absolute atomic E-state index is 12.3. The van der Waals surface area contributed by atoms with Crippen molar-refractivity contribution in [3.8, 4) is 0 Å². The summed E-state index contributed by atoms with van der Waals surface area (Å²) in [7, 11) is 0. The van der Waals surface area contributed by atoms with Crippen molar-refractivity contribution < 1.29 is 4.79 Å². The molecule has 1 aromatic heterocycles. The maximum atomic E-state index is 12.3. The molecule has 0 aliphatic heterocycles. The first-order chi connectivity index (χ1) is 8.48. The monoisotopic (exact) mass is 332 g/mol. The summed E-state index contributed by atoms with van der Waals surface area (Å²) in [6.45, 7) is 6.23. The standard InChI is InChI=1S/C13H18BrClN2O/c1-4-13(5-2,6-3)17-12(18)10-7-9(14)8-16-11(10)15/h7-8H,4-6H2,1-3H3,(H,17,18). The number of halogens is 2. The maximum Gasteiger partial charge on any atom is 0.254 e. The lowest BCUT2D eigenvalue weighted by Gasteiger charge is -2.31. The van der Waals surface area contributed by atoms with Crippen LogP contribution in [-0.4, -0.2) is 16.4 Å². The molecule has 0 bridgehead atoms. The van der Waals surface area contributed by atoms with Gasteiger partial charge < -0.3 is 5.32 Å². The highest BCUT2D eigenvalue weighted by Gasteiger charge is 2.27. The van der Waals surface area contributed by atoms with Crippen LogP contribution in [0.25, 0.3) is 0 Å². The van der Waals surface area contributed by atoms with Gasteiger partial charge in [-0.25, -0.2) is 4.98 Å². The van der Waals surface area contributed by atoms with E-state index in [1.807, 2.05) is 0 Å². The first-order valence-electron chi connectivity index (χ1n) is 6.11. The van der Waals surface area contributed by atoms with Gasteiger partial charge in [-0.1, -0.05) is 32.4 Å². The van der Waals surface area contributed by atoms with Crippen molar-refractivity contribution in [3.63, 3.8) is 0 Å². The molecule has 5 heteroatoms. The predicted octanol–water partition coefficient (Wildman–Crippen LogP) is 4.20. The Bertz CT molecular complexity index is 425. The molecule has 0 unspecified atom stereocenters. The Labute approximate surface area is 121 Å². The van der Waals surface area contributed by atoms with Gasteiger partial charge >= 0.3 is 0 Å². The fourth-order valence-corrected chi connectivity index (χ4v) is 2.43. The smallest absolute Gasteiger partial charge is 0.254 e. The number of nitrogens with zero attached hydrogens (tertiary/aromatic N) is 1. The quantitative estimate of drug-likeness (QED) is 0.821. The van der Waals surface area contributed by atoms with Crippen LogP contribution >= 0.6 is 27.5 Å². The number of hydrogen-bond donors (Lipinski definition) is 1. The Balaban J connectivity index is 2.97. The van der Waals surface area contributed by atoms with Gasteiger partial charge in [-0.2, -0.15) is 0 Å². The summed E-state index contributed by atoms with van der Waals surface area (Å²) in [5, 5.41) is 3.31. The molecule has 1 amide bonds. The molecule has 0 saturated carbocycles. The number of hydrogen-bond acceptors (Lipinski definition) is 2. The van der Waals surface area contributed by atoms with Crippen LogP contribution in [0.5, 0.6) is 0 Å². The lowest BCUT2D eigenvalue weighted by Crippen LogP contribution is -2.47. The molecule has 0 spiro atoms. The molecular weight excluding hydrogens is 316 g/mol. The van der Waals surface area contributed by atoms with Gasteiger partial charge in [0.25, 0.3) is 5.91 Å². The van der Waals surface area contributed by atoms with Crippen molar-refractivity contribution in [2.45, 2.75) is 45.6 Å². The number of pyridine rings is 1. The SMILES string of the molecule is CCC(CC)(CC)NC(=O)c1cc(Br)cnc1Cl. The number of carbonyl (C=O) groups excluding carboxylic acids is 1. The third kappa shape index (κ3) is 3.45. The summed E-state index contributed by atoms with van der Waals surface area (Å²) in [5.41, 5.74) is 0.244. The largest absolute Gasteiger partial charge is 0.347 e. The van der Waals surface area contributed by atoms with Gasteiger partial charge in [0.05, 0.1) is 5.56 Å². The highest BCUT2D eigenvalue weighted by atomic mass is 79.9. The van der Waals surface area contributed by atoms with E-state index < -0.39 is 0 Å². The second kappa shape index (κ2) is 6.53. The van der Waals surface area contributed by atoms with Crippen LogP contribution in [0.15, 0.2) is 16.7 Å². The molecule has 1 heterocycles. The second-order valence-corrected chi connectivity index (χ2v) is 5.56. The average molecular weight is 334 g/mol. The summed E-state index contributed by atoms with van der Waals surface area (Å²) >= 11 is 9.25. The van der Waals surface area contributed by atoms with Gasteiger partial charge in [0.2, 0.25) is 0 Å². The predicted molar refractivity (Wildman–Crippen MR) is 78.0 cm³/mol. The van der Waals surface area contributed by atoms with Crippen molar-refractivity contribution in [1.29, 1.82) is 0 Å². The summed E-state index contributed by atoms with van der Waals surface area (Å²) in [4.78, 5) is 16.2. The number of nitrogens with one attached hydrogen (secondary N) is 1. The molecule has 1 N–H and O–H groups in total. The highest BCUT2D eigenvalue weighted by molar-refractivity contribution is 9.10. The van der Waals surface area contributed by atoms with E-state index in [0.717, 1.165) is 23.7 Å². The van der Waals surface area contributed by atoms with Crippen molar-refractivity contribution in [2.75, 3.05) is 0 Å². The molecule has 0 aliphatic carbocycles. The third-order valence-electron chi connectivity index (χ3n) is 3.46. The first kappa shape index (κ1) is 15.4. The fourth-order valence-electron chi connectivity index (χ4n) is 1.91. The van der Waals surface area contributed by atoms with E-state index in [-0.39, 0.29) is 16.6 Å². The first-order valence-corrected chi connectivity index (χ1v) is 7.28. The number of aromatic nitrogens is 1. The Morgan fingerprint density at radius 2 is 1.94 bits per heavy atom. The Hall–Kier alpha value is -0.610. The molecule has 0 aromatic carbocycles.